The van der Waals surface area contributed by atoms with Crippen LogP contribution in [0.25, 0.3) is 0 Å². The number of urea groups is 1. The molecule has 0 aromatic heterocycles. The average molecular weight is 377 g/mol. The number of nitrogens with zero attached hydrogens (tertiary/aromatic N) is 1. The minimum absolute atomic E-state index is 0.0674. The standard InChI is InChI=1S/C18H18BrFN2O/c1-12-10-15(7-8-16(12)19)21-18(23)22-9-3-6-17(22)13-4-2-5-14(20)11-13/h2,4-5,7-8,10-11,17H,3,6,9H2,1H3,(H,21,23)/t17-/m0/s1. The van der Waals surface area contributed by atoms with Gasteiger partial charge in [0.1, 0.15) is 5.82 Å². The van der Waals surface area contributed by atoms with Crippen molar-refractivity contribution in [1.29, 1.82) is 0 Å². The Hall–Kier alpha value is -1.88. The Morgan fingerprint density at radius 2 is 2.13 bits per heavy atom. The van der Waals surface area contributed by atoms with Gasteiger partial charge >= 0.3 is 6.03 Å². The number of anilines is 1. The van der Waals surface area contributed by atoms with Gasteiger partial charge in [-0.05, 0) is 61.2 Å². The Balaban J connectivity index is 1.76. The van der Waals surface area contributed by atoms with Gasteiger partial charge in [-0.15, -0.1) is 0 Å². The van der Waals surface area contributed by atoms with Gasteiger partial charge in [0.25, 0.3) is 0 Å². The molecule has 1 heterocycles. The van der Waals surface area contributed by atoms with Crippen LogP contribution in [-0.2, 0) is 0 Å². The van der Waals surface area contributed by atoms with Gasteiger partial charge in [-0.25, -0.2) is 9.18 Å². The summed E-state index contributed by atoms with van der Waals surface area (Å²) in [5.74, 6) is -0.265. The molecule has 1 saturated heterocycles. The van der Waals surface area contributed by atoms with E-state index in [1.807, 2.05) is 31.2 Å². The summed E-state index contributed by atoms with van der Waals surface area (Å²) in [4.78, 5) is 14.4. The van der Waals surface area contributed by atoms with Gasteiger partial charge in [-0.3, -0.25) is 0 Å². The van der Waals surface area contributed by atoms with Crippen LogP contribution in [0.2, 0.25) is 0 Å². The summed E-state index contributed by atoms with van der Waals surface area (Å²) in [7, 11) is 0. The normalized spacial score (nSPS) is 17.3. The maximum absolute atomic E-state index is 13.5. The maximum atomic E-state index is 13.5. The first-order valence-corrected chi connectivity index (χ1v) is 8.43. The first kappa shape index (κ1) is 16.0. The zero-order chi connectivity index (χ0) is 16.4. The molecule has 1 aliphatic rings. The summed E-state index contributed by atoms with van der Waals surface area (Å²) in [6.45, 7) is 2.66. The van der Waals surface area contributed by atoms with Crippen molar-refractivity contribution in [2.45, 2.75) is 25.8 Å². The molecule has 0 saturated carbocycles. The fraction of sp³-hybridized carbons (Fsp3) is 0.278. The predicted octanol–water partition coefficient (Wildman–Crippen LogP) is 5.27. The van der Waals surface area contributed by atoms with Gasteiger partial charge in [0.05, 0.1) is 6.04 Å². The van der Waals surface area contributed by atoms with Crippen LogP contribution in [-0.4, -0.2) is 17.5 Å². The molecule has 5 heteroatoms. The third kappa shape index (κ3) is 3.55. The van der Waals surface area contributed by atoms with E-state index in [1.54, 1.807) is 11.0 Å². The number of carbonyl (C=O) groups excluding carboxylic acids is 1. The van der Waals surface area contributed by atoms with Crippen LogP contribution in [0.4, 0.5) is 14.9 Å². The summed E-state index contributed by atoms with van der Waals surface area (Å²) in [6.07, 6.45) is 1.78. The fourth-order valence-electron chi connectivity index (χ4n) is 2.99. The number of hydrogen-bond donors (Lipinski definition) is 1. The first-order valence-electron chi connectivity index (χ1n) is 7.64. The number of nitrogens with one attached hydrogen (secondary N) is 1. The van der Waals surface area contributed by atoms with Crippen LogP contribution in [0.5, 0.6) is 0 Å². The van der Waals surface area contributed by atoms with Gasteiger partial charge in [0.2, 0.25) is 0 Å². The zero-order valence-electron chi connectivity index (χ0n) is 12.9. The van der Waals surface area contributed by atoms with E-state index in [2.05, 4.69) is 21.2 Å². The van der Waals surface area contributed by atoms with Crippen molar-refractivity contribution in [3.63, 3.8) is 0 Å². The highest BCUT2D eigenvalue weighted by molar-refractivity contribution is 9.10. The van der Waals surface area contributed by atoms with Crippen molar-refractivity contribution in [3.8, 4) is 0 Å². The molecule has 23 heavy (non-hydrogen) atoms. The molecule has 1 fully saturated rings. The largest absolute Gasteiger partial charge is 0.322 e. The van der Waals surface area contributed by atoms with E-state index in [9.17, 15) is 9.18 Å². The minimum Gasteiger partial charge on any atom is -0.317 e. The van der Waals surface area contributed by atoms with Gasteiger partial charge in [-0.2, -0.15) is 0 Å². The van der Waals surface area contributed by atoms with Gasteiger partial charge < -0.3 is 10.2 Å². The number of likely N-dealkylation sites (tertiary alicyclic amines) is 1. The molecule has 3 rings (SSSR count). The number of halogens is 2. The maximum Gasteiger partial charge on any atom is 0.322 e. The third-order valence-corrected chi connectivity index (χ3v) is 5.05. The minimum atomic E-state index is -0.265. The summed E-state index contributed by atoms with van der Waals surface area (Å²) >= 11 is 3.45. The summed E-state index contributed by atoms with van der Waals surface area (Å²) in [5, 5.41) is 2.94. The third-order valence-electron chi connectivity index (χ3n) is 4.16. The Morgan fingerprint density at radius 1 is 1.30 bits per heavy atom. The second kappa shape index (κ2) is 6.71. The Kier molecular flexibility index (Phi) is 4.66. The van der Waals surface area contributed by atoms with Crippen molar-refractivity contribution in [1.82, 2.24) is 4.90 Å². The van der Waals surface area contributed by atoms with Gasteiger partial charge in [0.15, 0.2) is 0 Å². The number of carbonyl (C=O) groups is 1. The SMILES string of the molecule is Cc1cc(NC(=O)N2CCC[C@H]2c2cccc(F)c2)ccc1Br. The number of benzene rings is 2. The topological polar surface area (TPSA) is 32.3 Å². The van der Waals surface area contributed by atoms with Crippen LogP contribution >= 0.6 is 15.9 Å². The molecule has 120 valence electrons. The summed E-state index contributed by atoms with van der Waals surface area (Å²) < 4.78 is 14.5. The summed E-state index contributed by atoms with van der Waals surface area (Å²) in [5.41, 5.74) is 2.68. The highest BCUT2D eigenvalue weighted by atomic mass is 79.9. The summed E-state index contributed by atoms with van der Waals surface area (Å²) in [6, 6.07) is 12.0. The van der Waals surface area contributed by atoms with Crippen LogP contribution in [0.15, 0.2) is 46.9 Å². The number of aryl methyl sites for hydroxylation is 1. The highest BCUT2D eigenvalue weighted by Gasteiger charge is 2.30. The molecule has 1 atom stereocenters. The molecular formula is C18H18BrFN2O. The number of hydrogen-bond acceptors (Lipinski definition) is 1. The quantitative estimate of drug-likeness (QED) is 0.760. The highest BCUT2D eigenvalue weighted by Crippen LogP contribution is 2.32. The van der Waals surface area contributed by atoms with E-state index < -0.39 is 0 Å². The zero-order valence-corrected chi connectivity index (χ0v) is 14.4. The molecule has 0 radical (unpaired) electrons. The molecule has 0 bridgehead atoms. The van der Waals surface area contributed by atoms with Crippen LogP contribution in [0, 0.1) is 12.7 Å². The molecule has 0 aliphatic carbocycles. The van der Waals surface area contributed by atoms with Crippen molar-refractivity contribution >= 4 is 27.6 Å². The molecule has 1 N–H and O–H groups in total. The lowest BCUT2D eigenvalue weighted by Gasteiger charge is -2.25. The van der Waals surface area contributed by atoms with Crippen molar-refractivity contribution in [3.05, 3.63) is 63.9 Å². The van der Waals surface area contributed by atoms with Crippen molar-refractivity contribution in [2.75, 3.05) is 11.9 Å². The monoisotopic (exact) mass is 376 g/mol. The second-order valence-electron chi connectivity index (χ2n) is 5.80. The lowest BCUT2D eigenvalue weighted by Crippen LogP contribution is -2.34. The molecule has 0 unspecified atom stereocenters. The molecule has 2 amide bonds. The number of amides is 2. The Labute approximate surface area is 143 Å². The smallest absolute Gasteiger partial charge is 0.317 e. The van der Waals surface area contributed by atoms with Crippen LogP contribution in [0.1, 0.15) is 30.0 Å². The molecule has 3 nitrogen and oxygen atoms in total. The van der Waals surface area contributed by atoms with E-state index in [-0.39, 0.29) is 17.9 Å². The molecular weight excluding hydrogens is 359 g/mol. The Bertz CT molecular complexity index is 735. The molecule has 2 aromatic carbocycles. The van der Waals surface area contributed by atoms with E-state index in [1.165, 1.54) is 12.1 Å². The van der Waals surface area contributed by atoms with E-state index in [0.29, 0.717) is 6.54 Å². The molecule has 1 aliphatic heterocycles. The first-order chi connectivity index (χ1) is 11.0. The van der Waals surface area contributed by atoms with E-state index in [0.717, 1.165) is 34.1 Å². The van der Waals surface area contributed by atoms with Crippen molar-refractivity contribution < 1.29 is 9.18 Å². The van der Waals surface area contributed by atoms with Crippen LogP contribution < -0.4 is 5.32 Å². The average Bonchev–Trinajstić information content (AvgIpc) is 3.00. The Morgan fingerprint density at radius 3 is 2.87 bits per heavy atom. The lowest BCUT2D eigenvalue weighted by molar-refractivity contribution is 0.207. The fourth-order valence-corrected chi connectivity index (χ4v) is 3.23. The van der Waals surface area contributed by atoms with Gasteiger partial charge in [-0.1, -0.05) is 28.1 Å². The predicted molar refractivity (Wildman–Crippen MR) is 93.0 cm³/mol. The molecule has 2 aromatic rings. The molecule has 0 spiro atoms. The lowest BCUT2D eigenvalue weighted by atomic mass is 10.0. The number of rotatable bonds is 2. The van der Waals surface area contributed by atoms with E-state index >= 15 is 0 Å². The second-order valence-corrected chi connectivity index (χ2v) is 6.65. The van der Waals surface area contributed by atoms with Crippen LogP contribution in [0.3, 0.4) is 0 Å². The van der Waals surface area contributed by atoms with Crippen molar-refractivity contribution in [2.24, 2.45) is 0 Å². The van der Waals surface area contributed by atoms with E-state index in [4.69, 9.17) is 0 Å². The van der Waals surface area contributed by atoms with Gasteiger partial charge in [0, 0.05) is 16.7 Å².